The normalized spacial score (nSPS) is 12.4. The molecule has 3 aromatic rings. The van der Waals surface area contributed by atoms with Crippen LogP contribution in [0.25, 0.3) is 22.1 Å². The van der Waals surface area contributed by atoms with Crippen molar-refractivity contribution < 1.29 is 4.42 Å². The lowest BCUT2D eigenvalue weighted by molar-refractivity contribution is 0.570. The molecule has 0 N–H and O–H groups in total. The number of para-hydroxylation sites is 1. The molecule has 2 aromatic heterocycles. The third kappa shape index (κ3) is 1.52. The molecule has 2 nitrogen and oxygen atoms in total. The zero-order valence-corrected chi connectivity index (χ0v) is 10.3. The van der Waals surface area contributed by atoms with E-state index in [9.17, 15) is 0 Å². The van der Waals surface area contributed by atoms with Gasteiger partial charge in [-0.15, -0.1) is 0 Å². The number of aromatic nitrogens is 1. The number of nitrogens with zero attached hydrogens (tertiary/aromatic N) is 1. The third-order valence-electron chi connectivity index (χ3n) is 3.08. The quantitative estimate of drug-likeness (QED) is 0.570. The van der Waals surface area contributed by atoms with Gasteiger partial charge in [0, 0.05) is 22.5 Å². The first-order chi connectivity index (χ1) is 8.07. The van der Waals surface area contributed by atoms with Crippen LogP contribution in [-0.2, 0) is 5.41 Å². The number of hydrogen-bond donors (Lipinski definition) is 0. The fourth-order valence-corrected chi connectivity index (χ4v) is 2.22. The highest BCUT2D eigenvalue weighted by molar-refractivity contribution is 6.04. The van der Waals surface area contributed by atoms with Gasteiger partial charge in [-0.1, -0.05) is 39.0 Å². The Bertz CT molecular complexity index is 689. The summed E-state index contributed by atoms with van der Waals surface area (Å²) < 4.78 is 5.90. The second-order valence-electron chi connectivity index (χ2n) is 5.39. The van der Waals surface area contributed by atoms with Gasteiger partial charge in [0.25, 0.3) is 0 Å². The van der Waals surface area contributed by atoms with Gasteiger partial charge in [-0.05, 0) is 17.5 Å². The molecule has 0 atom stereocenters. The van der Waals surface area contributed by atoms with E-state index in [4.69, 9.17) is 4.42 Å². The predicted octanol–water partition coefficient (Wildman–Crippen LogP) is 4.28. The Hall–Kier alpha value is -1.83. The van der Waals surface area contributed by atoms with Crippen molar-refractivity contribution in [1.29, 1.82) is 0 Å². The first kappa shape index (κ1) is 10.3. The van der Waals surface area contributed by atoms with Gasteiger partial charge in [-0.25, -0.2) is 4.98 Å². The Morgan fingerprint density at radius 2 is 1.76 bits per heavy atom. The molecule has 0 fully saturated rings. The number of hydrogen-bond acceptors (Lipinski definition) is 2. The fraction of sp³-hybridized carbons (Fsp3) is 0.267. The van der Waals surface area contributed by atoms with Gasteiger partial charge in [-0.2, -0.15) is 0 Å². The summed E-state index contributed by atoms with van der Waals surface area (Å²) in [7, 11) is 0. The molecule has 0 amide bonds. The number of pyridine rings is 1. The zero-order chi connectivity index (χ0) is 12.0. The Morgan fingerprint density at radius 3 is 2.53 bits per heavy atom. The van der Waals surface area contributed by atoms with Crippen LogP contribution in [0.4, 0.5) is 0 Å². The highest BCUT2D eigenvalue weighted by Gasteiger charge is 2.20. The molecule has 3 rings (SSSR count). The summed E-state index contributed by atoms with van der Waals surface area (Å²) in [5.41, 5.74) is 2.99. The second-order valence-corrected chi connectivity index (χ2v) is 5.39. The summed E-state index contributed by atoms with van der Waals surface area (Å²) in [5, 5.41) is 2.24. The van der Waals surface area contributed by atoms with Gasteiger partial charge in [0.15, 0.2) is 0 Å². The van der Waals surface area contributed by atoms with Gasteiger partial charge < -0.3 is 4.42 Å². The van der Waals surface area contributed by atoms with E-state index in [2.05, 4.69) is 50.0 Å². The monoisotopic (exact) mass is 225 g/mol. The van der Waals surface area contributed by atoms with Crippen LogP contribution in [0.3, 0.4) is 0 Å². The van der Waals surface area contributed by atoms with Crippen molar-refractivity contribution in [2.24, 2.45) is 0 Å². The van der Waals surface area contributed by atoms with Gasteiger partial charge in [-0.3, -0.25) is 0 Å². The Morgan fingerprint density at radius 1 is 1.00 bits per heavy atom. The highest BCUT2D eigenvalue weighted by Crippen LogP contribution is 2.35. The molecule has 0 saturated carbocycles. The summed E-state index contributed by atoms with van der Waals surface area (Å²) in [6.07, 6.45) is 1.77. The Labute approximate surface area is 100 Å². The van der Waals surface area contributed by atoms with Crippen LogP contribution in [0.15, 0.2) is 40.9 Å². The van der Waals surface area contributed by atoms with E-state index in [1.807, 2.05) is 6.07 Å². The largest absolute Gasteiger partial charge is 0.437 e. The molecular weight excluding hydrogens is 210 g/mol. The number of furan rings is 1. The van der Waals surface area contributed by atoms with Gasteiger partial charge in [0.2, 0.25) is 5.71 Å². The number of rotatable bonds is 0. The van der Waals surface area contributed by atoms with Gasteiger partial charge in [0.05, 0.1) is 0 Å². The van der Waals surface area contributed by atoms with Crippen molar-refractivity contribution in [2.75, 3.05) is 0 Å². The molecule has 0 aliphatic carbocycles. The Kier molecular flexibility index (Phi) is 2.02. The molecule has 17 heavy (non-hydrogen) atoms. The van der Waals surface area contributed by atoms with Crippen molar-refractivity contribution in [3.8, 4) is 0 Å². The van der Waals surface area contributed by atoms with Crippen LogP contribution < -0.4 is 0 Å². The lowest BCUT2D eigenvalue weighted by atomic mass is 9.86. The average molecular weight is 225 g/mol. The van der Waals surface area contributed by atoms with E-state index >= 15 is 0 Å². The van der Waals surface area contributed by atoms with Crippen molar-refractivity contribution in [3.05, 3.63) is 42.1 Å². The maximum absolute atomic E-state index is 5.90. The first-order valence-electron chi connectivity index (χ1n) is 5.84. The molecule has 0 radical (unpaired) electrons. The highest BCUT2D eigenvalue weighted by atomic mass is 16.3. The summed E-state index contributed by atoms with van der Waals surface area (Å²) in [4.78, 5) is 4.27. The summed E-state index contributed by atoms with van der Waals surface area (Å²) in [6, 6.07) is 10.3. The molecule has 0 unspecified atom stereocenters. The molecule has 2 heterocycles. The zero-order valence-electron chi connectivity index (χ0n) is 10.3. The minimum Gasteiger partial charge on any atom is -0.437 e. The predicted molar refractivity (Wildman–Crippen MR) is 70.2 cm³/mol. The van der Waals surface area contributed by atoms with Crippen LogP contribution in [0.1, 0.15) is 26.3 Å². The fourth-order valence-electron chi connectivity index (χ4n) is 2.22. The summed E-state index contributed by atoms with van der Waals surface area (Å²) in [5.74, 6) is 0. The van der Waals surface area contributed by atoms with E-state index in [-0.39, 0.29) is 5.41 Å². The van der Waals surface area contributed by atoms with Crippen LogP contribution in [0.5, 0.6) is 0 Å². The SMILES string of the molecule is CC(C)(C)c1cccc2c1oc1ncccc12. The summed E-state index contributed by atoms with van der Waals surface area (Å²) >= 11 is 0. The molecule has 86 valence electrons. The van der Waals surface area contributed by atoms with Crippen LogP contribution in [-0.4, -0.2) is 4.98 Å². The first-order valence-corrected chi connectivity index (χ1v) is 5.84. The molecule has 1 aromatic carbocycles. The lowest BCUT2D eigenvalue weighted by Crippen LogP contribution is -2.10. The second kappa shape index (κ2) is 3.33. The van der Waals surface area contributed by atoms with Crippen LogP contribution in [0, 0.1) is 0 Å². The van der Waals surface area contributed by atoms with E-state index in [1.54, 1.807) is 6.20 Å². The molecule has 0 aliphatic rings. The van der Waals surface area contributed by atoms with E-state index in [0.29, 0.717) is 0 Å². The van der Waals surface area contributed by atoms with Crippen LogP contribution >= 0.6 is 0 Å². The van der Waals surface area contributed by atoms with Crippen molar-refractivity contribution in [1.82, 2.24) is 4.98 Å². The molecule has 2 heteroatoms. The molecular formula is C15H15NO. The van der Waals surface area contributed by atoms with Gasteiger partial charge >= 0.3 is 0 Å². The molecule has 0 spiro atoms. The van der Waals surface area contributed by atoms with E-state index < -0.39 is 0 Å². The van der Waals surface area contributed by atoms with Crippen molar-refractivity contribution in [2.45, 2.75) is 26.2 Å². The van der Waals surface area contributed by atoms with Crippen molar-refractivity contribution in [3.63, 3.8) is 0 Å². The average Bonchev–Trinajstić information content (AvgIpc) is 2.65. The van der Waals surface area contributed by atoms with Crippen molar-refractivity contribution >= 4 is 22.1 Å². The Balaban J connectivity index is 2.48. The van der Waals surface area contributed by atoms with Gasteiger partial charge in [0.1, 0.15) is 5.58 Å². The topological polar surface area (TPSA) is 26.0 Å². The minimum absolute atomic E-state index is 0.0768. The molecule has 0 aliphatic heterocycles. The van der Waals surface area contributed by atoms with E-state index in [1.165, 1.54) is 5.56 Å². The number of benzene rings is 1. The van der Waals surface area contributed by atoms with Crippen LogP contribution in [0.2, 0.25) is 0 Å². The smallest absolute Gasteiger partial charge is 0.227 e. The molecule has 0 saturated heterocycles. The summed E-state index contributed by atoms with van der Waals surface area (Å²) in [6.45, 7) is 6.59. The maximum Gasteiger partial charge on any atom is 0.227 e. The maximum atomic E-state index is 5.90. The molecule has 0 bridgehead atoms. The van der Waals surface area contributed by atoms with E-state index in [0.717, 1.165) is 22.1 Å². The lowest BCUT2D eigenvalue weighted by Gasteiger charge is -2.18. The number of fused-ring (bicyclic) bond motifs is 3. The minimum atomic E-state index is 0.0768. The third-order valence-corrected chi connectivity index (χ3v) is 3.08. The standard InChI is InChI=1S/C15H15NO/c1-15(2,3)12-8-4-6-10-11-7-5-9-16-14(11)17-13(10)12/h4-9H,1-3H3.